The molecule has 0 radical (unpaired) electrons. The molecule has 0 bridgehead atoms. The Balaban J connectivity index is 1.95. The minimum atomic E-state index is 0.737. The number of hydrogen-bond donors (Lipinski definition) is 1. The molecule has 4 heteroatoms. The van der Waals surface area contributed by atoms with Crippen molar-refractivity contribution in [2.45, 2.75) is 13.0 Å². The quantitative estimate of drug-likeness (QED) is 0.515. The number of ether oxygens (including phenoxy) is 1. The van der Waals surface area contributed by atoms with Crippen LogP contribution in [0.25, 0.3) is 0 Å². The second-order valence-electron chi connectivity index (χ2n) is 3.35. The van der Waals surface area contributed by atoms with Crippen LogP contribution in [0.1, 0.15) is 12.1 Å². The van der Waals surface area contributed by atoms with Gasteiger partial charge in [-0.05, 0) is 12.5 Å². The maximum absolute atomic E-state index is 5.36. The summed E-state index contributed by atoms with van der Waals surface area (Å²) in [6.07, 6.45) is 4.72. The Morgan fingerprint density at radius 3 is 3.13 bits per heavy atom. The summed E-state index contributed by atoms with van der Waals surface area (Å²) in [7, 11) is 1.92. The highest BCUT2D eigenvalue weighted by atomic mass is 16.5. The van der Waals surface area contributed by atoms with Gasteiger partial charge in [-0.1, -0.05) is 6.08 Å². The maximum atomic E-state index is 5.36. The second-order valence-corrected chi connectivity index (χ2v) is 3.35. The molecule has 1 aromatic rings. The van der Waals surface area contributed by atoms with Crippen molar-refractivity contribution in [2.75, 3.05) is 19.8 Å². The van der Waals surface area contributed by atoms with Gasteiger partial charge in [0.1, 0.15) is 0 Å². The number of rotatable bonds is 8. The molecule has 1 N–H and O–H groups in total. The van der Waals surface area contributed by atoms with E-state index in [1.807, 2.05) is 25.4 Å². The third kappa shape index (κ3) is 5.34. The van der Waals surface area contributed by atoms with Crippen LogP contribution in [-0.2, 0) is 18.3 Å². The van der Waals surface area contributed by atoms with Gasteiger partial charge in [-0.2, -0.15) is 5.10 Å². The molecule has 1 heterocycles. The summed E-state index contributed by atoms with van der Waals surface area (Å²) in [5, 5.41) is 7.52. The highest BCUT2D eigenvalue weighted by Gasteiger charge is 1.95. The molecule has 1 rings (SSSR count). The monoisotopic (exact) mass is 209 g/mol. The lowest BCUT2D eigenvalue weighted by Crippen LogP contribution is -2.19. The van der Waals surface area contributed by atoms with Crippen LogP contribution in [-0.4, -0.2) is 29.5 Å². The summed E-state index contributed by atoms with van der Waals surface area (Å²) >= 11 is 0. The molecule has 0 aliphatic carbocycles. The largest absolute Gasteiger partial charge is 0.380 e. The molecule has 0 fully saturated rings. The van der Waals surface area contributed by atoms with Crippen LogP contribution in [0.4, 0.5) is 0 Å². The standard InChI is InChI=1S/C11H19N3O/c1-3-4-8-15-9-6-12-10-11-5-7-14(2)13-11/h3,5,7,12H,1,4,6,8-10H2,2H3. The van der Waals surface area contributed by atoms with Crippen molar-refractivity contribution in [3.05, 3.63) is 30.6 Å². The van der Waals surface area contributed by atoms with Crippen molar-refractivity contribution < 1.29 is 4.74 Å². The molecule has 0 atom stereocenters. The zero-order chi connectivity index (χ0) is 10.9. The van der Waals surface area contributed by atoms with Gasteiger partial charge in [-0.15, -0.1) is 6.58 Å². The van der Waals surface area contributed by atoms with E-state index in [1.165, 1.54) is 0 Å². The van der Waals surface area contributed by atoms with Gasteiger partial charge >= 0.3 is 0 Å². The number of hydrogen-bond acceptors (Lipinski definition) is 3. The van der Waals surface area contributed by atoms with E-state index < -0.39 is 0 Å². The molecular formula is C11H19N3O. The van der Waals surface area contributed by atoms with Gasteiger partial charge < -0.3 is 10.1 Å². The first-order valence-corrected chi connectivity index (χ1v) is 5.21. The molecule has 0 amide bonds. The van der Waals surface area contributed by atoms with Gasteiger partial charge in [0.15, 0.2) is 0 Å². The van der Waals surface area contributed by atoms with Crippen molar-refractivity contribution in [3.63, 3.8) is 0 Å². The van der Waals surface area contributed by atoms with Crippen molar-refractivity contribution in [1.29, 1.82) is 0 Å². The van der Waals surface area contributed by atoms with Gasteiger partial charge in [0.2, 0.25) is 0 Å². The average Bonchev–Trinajstić information content (AvgIpc) is 2.63. The van der Waals surface area contributed by atoms with Crippen LogP contribution >= 0.6 is 0 Å². The topological polar surface area (TPSA) is 39.1 Å². The average molecular weight is 209 g/mol. The Morgan fingerprint density at radius 1 is 1.60 bits per heavy atom. The second kappa shape index (κ2) is 7.20. The Morgan fingerprint density at radius 2 is 2.47 bits per heavy atom. The van der Waals surface area contributed by atoms with E-state index in [-0.39, 0.29) is 0 Å². The molecular weight excluding hydrogens is 190 g/mol. The van der Waals surface area contributed by atoms with Gasteiger partial charge in [-0.3, -0.25) is 4.68 Å². The lowest BCUT2D eigenvalue weighted by Gasteiger charge is -2.03. The van der Waals surface area contributed by atoms with Crippen LogP contribution in [0.5, 0.6) is 0 Å². The van der Waals surface area contributed by atoms with Crippen LogP contribution in [0.2, 0.25) is 0 Å². The molecule has 1 aromatic heterocycles. The minimum Gasteiger partial charge on any atom is -0.380 e. The fourth-order valence-electron chi connectivity index (χ4n) is 1.19. The molecule has 0 aliphatic heterocycles. The highest BCUT2D eigenvalue weighted by Crippen LogP contribution is 1.92. The number of nitrogens with one attached hydrogen (secondary N) is 1. The molecule has 0 spiro atoms. The summed E-state index contributed by atoms with van der Waals surface area (Å²) in [6, 6.07) is 2.01. The van der Waals surface area contributed by atoms with Crippen LogP contribution in [0.3, 0.4) is 0 Å². The first kappa shape index (κ1) is 11.9. The van der Waals surface area contributed by atoms with Gasteiger partial charge in [0.25, 0.3) is 0 Å². The van der Waals surface area contributed by atoms with Crippen LogP contribution in [0.15, 0.2) is 24.9 Å². The van der Waals surface area contributed by atoms with E-state index in [1.54, 1.807) is 4.68 Å². The van der Waals surface area contributed by atoms with E-state index in [0.29, 0.717) is 0 Å². The molecule has 0 saturated heterocycles. The minimum absolute atomic E-state index is 0.737. The predicted octanol–water partition coefficient (Wildman–Crippen LogP) is 1.10. The summed E-state index contributed by atoms with van der Waals surface area (Å²) in [5.74, 6) is 0. The summed E-state index contributed by atoms with van der Waals surface area (Å²) in [5.41, 5.74) is 1.06. The van der Waals surface area contributed by atoms with E-state index >= 15 is 0 Å². The third-order valence-electron chi connectivity index (χ3n) is 1.96. The highest BCUT2D eigenvalue weighted by molar-refractivity contribution is 4.97. The molecule has 4 nitrogen and oxygen atoms in total. The lowest BCUT2D eigenvalue weighted by molar-refractivity contribution is 0.140. The smallest absolute Gasteiger partial charge is 0.0762 e. The van der Waals surface area contributed by atoms with Crippen molar-refractivity contribution in [1.82, 2.24) is 15.1 Å². The van der Waals surface area contributed by atoms with E-state index in [0.717, 1.165) is 38.4 Å². The van der Waals surface area contributed by atoms with Crippen molar-refractivity contribution >= 4 is 0 Å². The Labute approximate surface area is 90.9 Å². The molecule has 0 unspecified atom stereocenters. The number of aromatic nitrogens is 2. The molecule has 0 aliphatic rings. The summed E-state index contributed by atoms with van der Waals surface area (Å²) < 4.78 is 7.16. The lowest BCUT2D eigenvalue weighted by atomic mass is 10.4. The third-order valence-corrected chi connectivity index (χ3v) is 1.96. The first-order chi connectivity index (χ1) is 7.33. The molecule has 84 valence electrons. The van der Waals surface area contributed by atoms with Gasteiger partial charge in [0.05, 0.1) is 18.9 Å². The number of aryl methyl sites for hydroxylation is 1. The fourth-order valence-corrected chi connectivity index (χ4v) is 1.19. The van der Waals surface area contributed by atoms with E-state index in [2.05, 4.69) is 17.0 Å². The maximum Gasteiger partial charge on any atom is 0.0762 e. The van der Waals surface area contributed by atoms with E-state index in [4.69, 9.17) is 4.74 Å². The fraction of sp³-hybridized carbons (Fsp3) is 0.545. The first-order valence-electron chi connectivity index (χ1n) is 5.21. The Kier molecular flexibility index (Phi) is 5.73. The summed E-state index contributed by atoms with van der Waals surface area (Å²) in [6.45, 7) is 6.78. The zero-order valence-electron chi connectivity index (χ0n) is 9.28. The SMILES string of the molecule is C=CCCOCCNCc1ccn(C)n1. The van der Waals surface area contributed by atoms with Crippen molar-refractivity contribution in [3.8, 4) is 0 Å². The normalized spacial score (nSPS) is 10.5. The van der Waals surface area contributed by atoms with E-state index in [9.17, 15) is 0 Å². The van der Waals surface area contributed by atoms with Crippen molar-refractivity contribution in [2.24, 2.45) is 7.05 Å². The summed E-state index contributed by atoms with van der Waals surface area (Å²) in [4.78, 5) is 0. The Bertz CT molecular complexity index is 283. The van der Waals surface area contributed by atoms with Crippen LogP contribution < -0.4 is 5.32 Å². The predicted molar refractivity (Wildman–Crippen MR) is 60.5 cm³/mol. The van der Waals surface area contributed by atoms with Crippen LogP contribution in [0, 0.1) is 0 Å². The van der Waals surface area contributed by atoms with Gasteiger partial charge in [-0.25, -0.2) is 0 Å². The zero-order valence-corrected chi connectivity index (χ0v) is 9.28. The molecule has 15 heavy (non-hydrogen) atoms. The van der Waals surface area contributed by atoms with Gasteiger partial charge in [0, 0.05) is 26.3 Å². The molecule has 0 aromatic carbocycles. The number of nitrogens with zero attached hydrogens (tertiary/aromatic N) is 2. The molecule has 0 saturated carbocycles. The Hall–Kier alpha value is -1.13.